The van der Waals surface area contributed by atoms with Crippen molar-refractivity contribution < 1.29 is 9.53 Å². The zero-order valence-corrected chi connectivity index (χ0v) is 16.8. The van der Waals surface area contributed by atoms with Gasteiger partial charge in [0.15, 0.2) is 11.5 Å². The van der Waals surface area contributed by atoms with Crippen molar-refractivity contribution in [1.29, 1.82) is 0 Å². The molecule has 0 saturated carbocycles. The number of carbonyl (C=O) groups excluding carboxylic acids is 1. The van der Waals surface area contributed by atoms with E-state index in [2.05, 4.69) is 10.1 Å². The second kappa shape index (κ2) is 7.84. The predicted octanol–water partition coefficient (Wildman–Crippen LogP) is 4.72. The van der Waals surface area contributed by atoms with Crippen LogP contribution in [0, 0.1) is 0 Å². The Kier molecular flexibility index (Phi) is 4.72. The fraction of sp³-hybridized carbons (Fsp3) is 0.0400. The van der Waals surface area contributed by atoms with Crippen LogP contribution in [-0.2, 0) is 0 Å². The first-order chi connectivity index (χ1) is 15.2. The minimum absolute atomic E-state index is 0.195. The van der Waals surface area contributed by atoms with Crippen molar-refractivity contribution in [2.75, 3.05) is 7.11 Å². The molecule has 0 aliphatic rings. The third-order valence-corrected chi connectivity index (χ3v) is 5.03. The number of ketones is 1. The average Bonchev–Trinajstić information content (AvgIpc) is 3.28. The highest BCUT2D eigenvalue weighted by Crippen LogP contribution is 2.26. The molecule has 5 aromatic rings. The Morgan fingerprint density at radius 2 is 1.52 bits per heavy atom. The molecule has 3 aromatic carbocycles. The maximum absolute atomic E-state index is 13.4. The minimum Gasteiger partial charge on any atom is -0.497 e. The molecular weight excluding hydrogens is 388 g/mol. The third kappa shape index (κ3) is 3.44. The van der Waals surface area contributed by atoms with E-state index >= 15 is 0 Å². The van der Waals surface area contributed by atoms with Crippen LogP contribution in [0.1, 0.15) is 16.1 Å². The maximum Gasteiger partial charge on any atom is 0.212 e. The first-order valence-electron chi connectivity index (χ1n) is 9.80. The smallest absolute Gasteiger partial charge is 0.212 e. The number of methoxy groups -OCH3 is 1. The van der Waals surface area contributed by atoms with E-state index in [0.717, 1.165) is 11.3 Å². The first kappa shape index (κ1) is 18.7. The summed E-state index contributed by atoms with van der Waals surface area (Å²) in [5.41, 5.74) is 3.10. The van der Waals surface area contributed by atoms with Gasteiger partial charge in [-0.05, 0) is 36.4 Å². The van der Waals surface area contributed by atoms with Gasteiger partial charge in [-0.1, -0.05) is 48.5 Å². The molecule has 0 unspecified atom stereocenters. The summed E-state index contributed by atoms with van der Waals surface area (Å²) in [6.07, 6.45) is 1.65. The molecule has 31 heavy (non-hydrogen) atoms. The monoisotopic (exact) mass is 406 g/mol. The van der Waals surface area contributed by atoms with Crippen molar-refractivity contribution in [2.24, 2.45) is 0 Å². The molecule has 150 valence electrons. The normalized spacial score (nSPS) is 10.9. The summed E-state index contributed by atoms with van der Waals surface area (Å²) < 4.78 is 6.93. The Morgan fingerprint density at radius 1 is 0.839 bits per heavy atom. The molecule has 0 aliphatic carbocycles. The highest BCUT2D eigenvalue weighted by Gasteiger charge is 2.21. The molecular formula is C25H18N4O2. The van der Waals surface area contributed by atoms with Crippen LogP contribution in [0.15, 0.2) is 91.1 Å². The van der Waals surface area contributed by atoms with Gasteiger partial charge in [0.2, 0.25) is 5.78 Å². The van der Waals surface area contributed by atoms with E-state index in [1.54, 1.807) is 42.3 Å². The third-order valence-electron chi connectivity index (χ3n) is 5.03. The van der Waals surface area contributed by atoms with Gasteiger partial charge in [0.25, 0.3) is 0 Å². The molecule has 0 amide bonds. The van der Waals surface area contributed by atoms with E-state index in [4.69, 9.17) is 9.72 Å². The molecule has 0 aliphatic heterocycles. The largest absolute Gasteiger partial charge is 0.497 e. The lowest BCUT2D eigenvalue weighted by molar-refractivity contribution is 0.103. The van der Waals surface area contributed by atoms with E-state index in [0.29, 0.717) is 33.9 Å². The van der Waals surface area contributed by atoms with Crippen LogP contribution in [0.2, 0.25) is 0 Å². The van der Waals surface area contributed by atoms with Gasteiger partial charge in [-0.2, -0.15) is 5.10 Å². The highest BCUT2D eigenvalue weighted by molar-refractivity contribution is 6.14. The van der Waals surface area contributed by atoms with Crippen molar-refractivity contribution in [2.45, 2.75) is 0 Å². The molecule has 0 spiro atoms. The van der Waals surface area contributed by atoms with Gasteiger partial charge < -0.3 is 4.74 Å². The van der Waals surface area contributed by atoms with Gasteiger partial charge in [-0.25, -0.2) is 14.6 Å². The summed E-state index contributed by atoms with van der Waals surface area (Å²) in [6, 6.07) is 26.3. The maximum atomic E-state index is 13.4. The number of nitrogens with zero attached hydrogens (tertiary/aromatic N) is 4. The quantitative estimate of drug-likeness (QED) is 0.395. The van der Waals surface area contributed by atoms with Gasteiger partial charge in [0.05, 0.1) is 24.4 Å². The molecule has 0 bridgehead atoms. The van der Waals surface area contributed by atoms with Crippen LogP contribution in [0.5, 0.6) is 5.75 Å². The molecule has 0 N–H and O–H groups in total. The summed E-state index contributed by atoms with van der Waals surface area (Å²) in [7, 11) is 1.59. The van der Waals surface area contributed by atoms with Crippen LogP contribution in [-0.4, -0.2) is 32.6 Å². The lowest BCUT2D eigenvalue weighted by Crippen LogP contribution is -2.08. The van der Waals surface area contributed by atoms with Crippen LogP contribution in [0.4, 0.5) is 0 Å². The van der Waals surface area contributed by atoms with Gasteiger partial charge in [-0.15, -0.1) is 0 Å². The summed E-state index contributed by atoms with van der Waals surface area (Å²) in [5, 5.41) is 5.11. The number of aromatic nitrogens is 4. The zero-order valence-electron chi connectivity index (χ0n) is 16.8. The fourth-order valence-electron chi connectivity index (χ4n) is 3.43. The highest BCUT2D eigenvalue weighted by atomic mass is 16.5. The molecule has 0 fully saturated rings. The van der Waals surface area contributed by atoms with E-state index in [1.807, 2.05) is 60.7 Å². The number of fused-ring (bicyclic) bond motifs is 1. The van der Waals surface area contributed by atoms with Crippen LogP contribution in [0.25, 0.3) is 28.1 Å². The lowest BCUT2D eigenvalue weighted by Gasteiger charge is -2.08. The topological polar surface area (TPSA) is 69.9 Å². The van der Waals surface area contributed by atoms with E-state index < -0.39 is 0 Å². The van der Waals surface area contributed by atoms with E-state index in [-0.39, 0.29) is 5.78 Å². The number of hydrogen-bond donors (Lipinski definition) is 0. The van der Waals surface area contributed by atoms with Gasteiger partial charge >= 0.3 is 0 Å². The summed E-state index contributed by atoms with van der Waals surface area (Å²) >= 11 is 0. The van der Waals surface area contributed by atoms with Crippen molar-refractivity contribution in [3.63, 3.8) is 0 Å². The molecule has 0 saturated heterocycles. The minimum atomic E-state index is -0.195. The molecule has 2 heterocycles. The molecule has 0 atom stereocenters. The number of para-hydroxylation sites is 1. The van der Waals surface area contributed by atoms with Crippen molar-refractivity contribution in [3.05, 3.63) is 102 Å². The lowest BCUT2D eigenvalue weighted by atomic mass is 10.1. The Labute approximate surface area is 178 Å². The SMILES string of the molecule is COc1ccc(C(=O)c2nc(-c3ccccc3)nc3c2cnn3-c2ccccc2)cc1. The molecule has 2 aromatic heterocycles. The number of benzene rings is 3. The average molecular weight is 406 g/mol. The molecule has 6 heteroatoms. The van der Waals surface area contributed by atoms with E-state index in [9.17, 15) is 4.79 Å². The standard InChI is InChI=1S/C25H18N4O2/c1-31-20-14-12-17(13-15-20)23(30)22-21-16-26-29(19-10-6-3-7-11-19)25(21)28-24(27-22)18-8-4-2-5-9-18/h2-16H,1H3. The molecule has 5 rings (SSSR count). The molecule has 6 nitrogen and oxygen atoms in total. The number of carbonyl (C=O) groups is 1. The van der Waals surface area contributed by atoms with Crippen molar-refractivity contribution in [1.82, 2.24) is 19.7 Å². The Hall–Kier alpha value is -4.32. The zero-order chi connectivity index (χ0) is 21.2. The summed E-state index contributed by atoms with van der Waals surface area (Å²) in [6.45, 7) is 0. The van der Waals surface area contributed by atoms with Crippen molar-refractivity contribution in [3.8, 4) is 22.8 Å². The second-order valence-corrected chi connectivity index (χ2v) is 6.95. The first-order valence-corrected chi connectivity index (χ1v) is 9.80. The number of hydrogen-bond acceptors (Lipinski definition) is 5. The Bertz CT molecular complexity index is 1360. The van der Waals surface area contributed by atoms with Crippen molar-refractivity contribution >= 4 is 16.8 Å². The van der Waals surface area contributed by atoms with Gasteiger partial charge in [-0.3, -0.25) is 4.79 Å². The van der Waals surface area contributed by atoms with Crippen LogP contribution in [0.3, 0.4) is 0 Å². The predicted molar refractivity (Wildman–Crippen MR) is 119 cm³/mol. The number of ether oxygens (including phenoxy) is 1. The second-order valence-electron chi connectivity index (χ2n) is 6.95. The summed E-state index contributed by atoms with van der Waals surface area (Å²) in [4.78, 5) is 22.8. The van der Waals surface area contributed by atoms with Gasteiger partial charge in [0.1, 0.15) is 11.4 Å². The van der Waals surface area contributed by atoms with E-state index in [1.165, 1.54) is 0 Å². The molecule has 0 radical (unpaired) electrons. The summed E-state index contributed by atoms with van der Waals surface area (Å²) in [5.74, 6) is 0.966. The Balaban J connectivity index is 1.73. The van der Waals surface area contributed by atoms with Crippen LogP contribution < -0.4 is 4.74 Å². The number of rotatable bonds is 5. The van der Waals surface area contributed by atoms with Gasteiger partial charge in [0, 0.05) is 11.1 Å². The fourth-order valence-corrected chi connectivity index (χ4v) is 3.43. The Morgan fingerprint density at radius 3 is 2.19 bits per heavy atom. The van der Waals surface area contributed by atoms with Crippen LogP contribution >= 0.6 is 0 Å².